The number of carbonyl (C=O) groups is 1. The fourth-order valence-corrected chi connectivity index (χ4v) is 3.84. The molecule has 5 heteroatoms. The molecule has 0 amide bonds. The van der Waals surface area contributed by atoms with Crippen LogP contribution in [0.15, 0.2) is 30.3 Å². The van der Waals surface area contributed by atoms with Crippen LogP contribution in [0.25, 0.3) is 10.1 Å². The lowest BCUT2D eigenvalue weighted by Gasteiger charge is -2.33. The Bertz CT molecular complexity index is 634. The van der Waals surface area contributed by atoms with Crippen LogP contribution in [0.4, 0.5) is 0 Å². The van der Waals surface area contributed by atoms with Crippen molar-refractivity contribution in [1.82, 2.24) is 4.90 Å². The van der Waals surface area contributed by atoms with Crippen LogP contribution in [0.1, 0.15) is 23.5 Å². The maximum absolute atomic E-state index is 12.2. The molecule has 1 unspecified atom stereocenters. The Morgan fingerprint density at radius 2 is 2.26 bits per heavy atom. The minimum Gasteiger partial charge on any atom is -0.459 e. The summed E-state index contributed by atoms with van der Waals surface area (Å²) < 4.78 is 12.3. The largest absolute Gasteiger partial charge is 0.459 e. The normalized spacial score (nSPS) is 19.3. The number of hydrogen-bond acceptors (Lipinski definition) is 5. The Morgan fingerprint density at radius 1 is 1.43 bits per heavy atom. The van der Waals surface area contributed by atoms with Gasteiger partial charge in [-0.15, -0.1) is 11.3 Å². The Kier molecular flexibility index (Phi) is 5.30. The van der Waals surface area contributed by atoms with E-state index in [4.69, 9.17) is 9.47 Å². The first-order chi connectivity index (χ1) is 11.1. The summed E-state index contributed by atoms with van der Waals surface area (Å²) in [4.78, 5) is 15.3. The molecule has 2 heterocycles. The Balaban J connectivity index is 1.54. The predicted octanol–water partition coefficient (Wildman–Crippen LogP) is 3.41. The number of thiophene rings is 1. The number of hydrogen-bond donors (Lipinski definition) is 0. The molecule has 0 radical (unpaired) electrons. The van der Waals surface area contributed by atoms with E-state index in [1.807, 2.05) is 30.3 Å². The molecular weight excluding hydrogens is 310 g/mol. The van der Waals surface area contributed by atoms with Crippen molar-refractivity contribution in [3.05, 3.63) is 35.2 Å². The number of fused-ring (bicyclic) bond motifs is 1. The maximum Gasteiger partial charge on any atom is 0.348 e. The second-order valence-electron chi connectivity index (χ2n) is 6.39. The Hall–Kier alpha value is -1.43. The van der Waals surface area contributed by atoms with Crippen LogP contribution in [0.5, 0.6) is 0 Å². The van der Waals surface area contributed by atoms with Crippen LogP contribution in [0.2, 0.25) is 0 Å². The molecule has 124 valence electrons. The van der Waals surface area contributed by atoms with Crippen LogP contribution < -0.4 is 0 Å². The van der Waals surface area contributed by atoms with E-state index in [9.17, 15) is 4.79 Å². The molecule has 0 spiro atoms. The van der Waals surface area contributed by atoms with Gasteiger partial charge in [0, 0.05) is 24.3 Å². The van der Waals surface area contributed by atoms with Crippen molar-refractivity contribution in [1.29, 1.82) is 0 Å². The van der Waals surface area contributed by atoms with Crippen molar-refractivity contribution in [2.75, 3.05) is 32.8 Å². The van der Waals surface area contributed by atoms with Gasteiger partial charge in [-0.3, -0.25) is 4.90 Å². The number of carbonyl (C=O) groups excluding carboxylic acids is 1. The molecule has 1 aliphatic heterocycles. The third kappa shape index (κ3) is 4.31. The fourth-order valence-electron chi connectivity index (χ4n) is 2.89. The van der Waals surface area contributed by atoms with E-state index in [1.54, 1.807) is 0 Å². The first-order valence-electron chi connectivity index (χ1n) is 8.11. The summed E-state index contributed by atoms with van der Waals surface area (Å²) in [5, 5.41) is 1.08. The van der Waals surface area contributed by atoms with E-state index >= 15 is 0 Å². The summed E-state index contributed by atoms with van der Waals surface area (Å²) in [5.74, 6) is 0.380. The quantitative estimate of drug-likeness (QED) is 0.786. The first-order valence-corrected chi connectivity index (χ1v) is 8.93. The number of ether oxygens (including phenoxy) is 2. The smallest absolute Gasteiger partial charge is 0.348 e. The first kappa shape index (κ1) is 16.4. The number of benzene rings is 1. The van der Waals surface area contributed by atoms with Gasteiger partial charge in [-0.2, -0.15) is 0 Å². The van der Waals surface area contributed by atoms with Gasteiger partial charge in [-0.05, 0) is 23.4 Å². The molecule has 4 nitrogen and oxygen atoms in total. The van der Waals surface area contributed by atoms with Crippen LogP contribution in [0, 0.1) is 5.92 Å². The monoisotopic (exact) mass is 333 g/mol. The lowest BCUT2D eigenvalue weighted by Crippen LogP contribution is -2.45. The molecular formula is C18H23NO3S. The summed E-state index contributed by atoms with van der Waals surface area (Å²) in [6, 6.07) is 9.88. The molecule has 1 aromatic carbocycles. The van der Waals surface area contributed by atoms with Crippen molar-refractivity contribution in [3.8, 4) is 0 Å². The van der Waals surface area contributed by atoms with E-state index in [0.29, 0.717) is 24.0 Å². The standard InChI is InChI=1S/C18H23NO3S/c1-13(2)10-19-7-8-21-15(11-19)12-22-18(20)17-9-14-5-3-4-6-16(14)23-17/h3-6,9,13,15H,7-8,10-12H2,1-2H3. The zero-order valence-electron chi connectivity index (χ0n) is 13.7. The van der Waals surface area contributed by atoms with Gasteiger partial charge < -0.3 is 9.47 Å². The van der Waals surface area contributed by atoms with Crippen molar-refractivity contribution < 1.29 is 14.3 Å². The molecule has 1 aliphatic rings. The molecule has 23 heavy (non-hydrogen) atoms. The fraction of sp³-hybridized carbons (Fsp3) is 0.500. The molecule has 0 bridgehead atoms. The van der Waals surface area contributed by atoms with Gasteiger partial charge in [0.05, 0.1) is 6.61 Å². The summed E-state index contributed by atoms with van der Waals surface area (Å²) in [6.45, 7) is 8.30. The van der Waals surface area contributed by atoms with Crippen molar-refractivity contribution >= 4 is 27.4 Å². The molecule has 1 fully saturated rings. The average molecular weight is 333 g/mol. The highest BCUT2D eigenvalue weighted by Crippen LogP contribution is 2.25. The molecule has 1 atom stereocenters. The highest BCUT2D eigenvalue weighted by molar-refractivity contribution is 7.20. The maximum atomic E-state index is 12.2. The third-order valence-corrected chi connectivity index (χ3v) is 4.97. The Labute approximate surface area is 141 Å². The zero-order chi connectivity index (χ0) is 16.2. The minimum absolute atomic E-state index is 0.0270. The number of nitrogens with zero attached hydrogens (tertiary/aromatic N) is 1. The Morgan fingerprint density at radius 3 is 3.04 bits per heavy atom. The van der Waals surface area contributed by atoms with Gasteiger partial charge in [-0.25, -0.2) is 4.79 Å². The minimum atomic E-state index is -0.254. The van der Waals surface area contributed by atoms with E-state index in [-0.39, 0.29) is 12.1 Å². The van der Waals surface area contributed by atoms with E-state index in [2.05, 4.69) is 18.7 Å². The highest BCUT2D eigenvalue weighted by atomic mass is 32.1. The topological polar surface area (TPSA) is 38.8 Å². The van der Waals surface area contributed by atoms with Crippen LogP contribution in [-0.2, 0) is 9.47 Å². The van der Waals surface area contributed by atoms with Crippen molar-refractivity contribution in [2.45, 2.75) is 20.0 Å². The molecule has 0 saturated carbocycles. The molecule has 1 saturated heterocycles. The second kappa shape index (κ2) is 7.43. The molecule has 0 aliphatic carbocycles. The predicted molar refractivity (Wildman–Crippen MR) is 93.1 cm³/mol. The van der Waals surface area contributed by atoms with Crippen molar-refractivity contribution in [3.63, 3.8) is 0 Å². The SMILES string of the molecule is CC(C)CN1CCOC(COC(=O)c2cc3ccccc3s2)C1. The van der Waals surface area contributed by atoms with E-state index in [0.717, 1.165) is 29.7 Å². The second-order valence-corrected chi connectivity index (χ2v) is 7.48. The van der Waals surface area contributed by atoms with Crippen LogP contribution in [-0.4, -0.2) is 49.8 Å². The van der Waals surface area contributed by atoms with Gasteiger partial charge in [0.15, 0.2) is 0 Å². The summed E-state index contributed by atoms with van der Waals surface area (Å²) in [7, 11) is 0. The highest BCUT2D eigenvalue weighted by Gasteiger charge is 2.23. The van der Waals surface area contributed by atoms with Gasteiger partial charge in [0.1, 0.15) is 17.6 Å². The van der Waals surface area contributed by atoms with Gasteiger partial charge >= 0.3 is 5.97 Å². The zero-order valence-corrected chi connectivity index (χ0v) is 14.5. The third-order valence-electron chi connectivity index (χ3n) is 3.87. The van der Waals surface area contributed by atoms with Crippen LogP contribution in [0.3, 0.4) is 0 Å². The van der Waals surface area contributed by atoms with Gasteiger partial charge in [-0.1, -0.05) is 32.0 Å². The number of morpholine rings is 1. The van der Waals surface area contributed by atoms with E-state index in [1.165, 1.54) is 11.3 Å². The van der Waals surface area contributed by atoms with Gasteiger partial charge in [0.2, 0.25) is 0 Å². The lowest BCUT2D eigenvalue weighted by molar-refractivity contribution is -0.0611. The summed E-state index contributed by atoms with van der Waals surface area (Å²) in [6.07, 6.45) is -0.0270. The average Bonchev–Trinajstić information content (AvgIpc) is 2.96. The number of esters is 1. The van der Waals surface area contributed by atoms with E-state index < -0.39 is 0 Å². The summed E-state index contributed by atoms with van der Waals surface area (Å²) in [5.41, 5.74) is 0. The molecule has 1 aromatic heterocycles. The lowest BCUT2D eigenvalue weighted by atomic mass is 10.2. The summed E-state index contributed by atoms with van der Waals surface area (Å²) >= 11 is 1.48. The van der Waals surface area contributed by atoms with Gasteiger partial charge in [0.25, 0.3) is 0 Å². The van der Waals surface area contributed by atoms with Crippen LogP contribution >= 0.6 is 11.3 Å². The molecule has 0 N–H and O–H groups in total. The molecule has 3 rings (SSSR count). The number of rotatable bonds is 5. The molecule has 2 aromatic rings. The van der Waals surface area contributed by atoms with Crippen molar-refractivity contribution in [2.24, 2.45) is 5.92 Å².